The lowest BCUT2D eigenvalue weighted by Gasteiger charge is -2.13. The number of carbonyl (C=O) groups is 1. The fourth-order valence-corrected chi connectivity index (χ4v) is 4.59. The summed E-state index contributed by atoms with van der Waals surface area (Å²) in [7, 11) is -0.501. The van der Waals surface area contributed by atoms with Crippen LogP contribution in [-0.2, 0) is 23.0 Å². The minimum Gasteiger partial charge on any atom is -0.493 e. The van der Waals surface area contributed by atoms with Gasteiger partial charge in [-0.25, -0.2) is 22.9 Å². The fraction of sp³-hybridized carbons (Fsp3) is 0.286. The van der Waals surface area contributed by atoms with E-state index in [-0.39, 0.29) is 5.75 Å². The van der Waals surface area contributed by atoms with Crippen molar-refractivity contribution >= 4 is 27.1 Å². The molecule has 0 saturated heterocycles. The largest absolute Gasteiger partial charge is 0.493 e. The molecule has 0 saturated carbocycles. The molecule has 1 aromatic heterocycles. The molecule has 0 fully saturated rings. The number of fused-ring (bicyclic) bond motifs is 1. The van der Waals surface area contributed by atoms with Crippen molar-refractivity contribution in [3.05, 3.63) is 72.1 Å². The van der Waals surface area contributed by atoms with Crippen LogP contribution in [0.4, 0.5) is 4.79 Å². The molecule has 4 aromatic rings. The minimum atomic E-state index is -3.73. The average Bonchev–Trinajstić information content (AvgIpc) is 3.22. The van der Waals surface area contributed by atoms with Crippen LogP contribution in [0.3, 0.4) is 0 Å². The van der Waals surface area contributed by atoms with Crippen LogP contribution in [0.2, 0.25) is 0 Å². The molecule has 0 aliphatic heterocycles. The molecule has 200 valence electrons. The van der Waals surface area contributed by atoms with Crippen molar-refractivity contribution in [2.75, 3.05) is 20.5 Å². The molecule has 0 spiro atoms. The second-order valence-electron chi connectivity index (χ2n) is 8.87. The van der Waals surface area contributed by atoms with Gasteiger partial charge in [-0.05, 0) is 23.6 Å². The van der Waals surface area contributed by atoms with Gasteiger partial charge < -0.3 is 18.8 Å². The summed E-state index contributed by atoms with van der Waals surface area (Å²) in [5.74, 6) is 2.54. The van der Waals surface area contributed by atoms with Gasteiger partial charge in [-0.1, -0.05) is 55.8 Å². The normalized spacial score (nSPS) is 11.4. The summed E-state index contributed by atoms with van der Waals surface area (Å²) < 4.78 is 43.0. The number of hydrogen-bond acceptors (Lipinski definition) is 7. The first-order chi connectivity index (χ1) is 18.2. The maximum Gasteiger partial charge on any atom is 0.426 e. The Morgan fingerprint density at radius 3 is 2.32 bits per heavy atom. The van der Waals surface area contributed by atoms with E-state index in [9.17, 15) is 13.2 Å². The van der Waals surface area contributed by atoms with Crippen molar-refractivity contribution in [3.8, 4) is 28.4 Å². The SMILES string of the molecule is CCCCc1nc2cc(OC)c(OC)cc2n1Cc1ccc(-c2ccccc2OC(=O)NS(C)(=O)=O)cc1. The maximum atomic E-state index is 12.0. The number of nitrogens with zero attached hydrogens (tertiary/aromatic N) is 2. The lowest BCUT2D eigenvalue weighted by atomic mass is 10.0. The quantitative estimate of drug-likeness (QED) is 0.298. The highest BCUT2D eigenvalue weighted by Gasteiger charge is 2.17. The predicted octanol–water partition coefficient (Wildman–Crippen LogP) is 5.16. The topological polar surface area (TPSA) is 109 Å². The first kappa shape index (κ1) is 27.0. The molecule has 9 nitrogen and oxygen atoms in total. The number of amides is 1. The number of carbonyl (C=O) groups excluding carboxylic acids is 1. The Hall–Kier alpha value is -4.05. The lowest BCUT2D eigenvalue weighted by molar-refractivity contribution is 0.207. The number of unbranched alkanes of at least 4 members (excludes halogenated alkanes) is 1. The molecular weight excluding hydrogens is 506 g/mol. The second-order valence-corrected chi connectivity index (χ2v) is 10.6. The first-order valence-corrected chi connectivity index (χ1v) is 14.1. The minimum absolute atomic E-state index is 0.255. The van der Waals surface area contributed by atoms with E-state index >= 15 is 0 Å². The van der Waals surface area contributed by atoms with Crippen molar-refractivity contribution in [1.29, 1.82) is 0 Å². The van der Waals surface area contributed by atoms with Crippen LogP contribution in [0, 0.1) is 0 Å². The number of aryl methyl sites for hydroxylation is 1. The van der Waals surface area contributed by atoms with Crippen LogP contribution < -0.4 is 18.9 Å². The monoisotopic (exact) mass is 537 g/mol. The van der Waals surface area contributed by atoms with Crippen LogP contribution in [0.15, 0.2) is 60.7 Å². The molecule has 0 unspecified atom stereocenters. The molecule has 0 bridgehead atoms. The molecular formula is C28H31N3O6S. The number of nitrogens with one attached hydrogen (secondary N) is 1. The number of ether oxygens (including phenoxy) is 3. The van der Waals surface area contributed by atoms with Gasteiger partial charge >= 0.3 is 6.09 Å². The maximum absolute atomic E-state index is 12.0. The molecule has 1 heterocycles. The average molecular weight is 538 g/mol. The van der Waals surface area contributed by atoms with Gasteiger partial charge in [0.1, 0.15) is 11.6 Å². The van der Waals surface area contributed by atoms with E-state index in [1.807, 2.05) is 53.3 Å². The summed E-state index contributed by atoms with van der Waals surface area (Å²) in [4.78, 5) is 16.9. The van der Waals surface area contributed by atoms with E-state index in [0.717, 1.165) is 53.5 Å². The van der Waals surface area contributed by atoms with Crippen molar-refractivity contribution < 1.29 is 27.4 Å². The second kappa shape index (κ2) is 11.6. The van der Waals surface area contributed by atoms with Crippen LogP contribution in [0.5, 0.6) is 17.2 Å². The molecule has 0 radical (unpaired) electrons. The Kier molecular flexibility index (Phi) is 8.21. The smallest absolute Gasteiger partial charge is 0.426 e. The standard InChI is InChI=1S/C28H31N3O6S/c1-5-6-11-27-29-22-16-25(35-2)26(36-3)17-23(22)31(27)18-19-12-14-20(15-13-19)21-9-7-8-10-24(21)37-28(32)30-38(4,33)34/h7-10,12-17H,5-6,11,18H2,1-4H3,(H,30,32). The Balaban J connectivity index is 1.64. The Bertz CT molecular complexity index is 1550. The Labute approximate surface area is 222 Å². The van der Waals surface area contributed by atoms with E-state index in [1.54, 1.807) is 26.4 Å². The van der Waals surface area contributed by atoms with Gasteiger partial charge in [0, 0.05) is 30.7 Å². The van der Waals surface area contributed by atoms with Gasteiger partial charge in [0.2, 0.25) is 10.0 Å². The van der Waals surface area contributed by atoms with E-state index in [0.29, 0.717) is 23.6 Å². The molecule has 1 amide bonds. The summed E-state index contributed by atoms with van der Waals surface area (Å²) in [6.07, 6.45) is 2.78. The predicted molar refractivity (Wildman–Crippen MR) is 146 cm³/mol. The molecule has 0 aliphatic carbocycles. The molecule has 1 N–H and O–H groups in total. The number of imidazole rings is 1. The van der Waals surface area contributed by atoms with Crippen molar-refractivity contribution in [3.63, 3.8) is 0 Å². The summed E-state index contributed by atoms with van der Waals surface area (Å²) in [6.45, 7) is 2.77. The molecule has 4 rings (SSSR count). The zero-order chi connectivity index (χ0) is 27.3. The molecule has 3 aromatic carbocycles. The van der Waals surface area contributed by atoms with Crippen LogP contribution in [0.1, 0.15) is 31.2 Å². The number of sulfonamides is 1. The number of hydrogen-bond donors (Lipinski definition) is 1. The third-order valence-electron chi connectivity index (χ3n) is 6.05. The van der Waals surface area contributed by atoms with E-state index in [2.05, 4.69) is 11.5 Å². The van der Waals surface area contributed by atoms with Gasteiger partial charge in [0.25, 0.3) is 0 Å². The highest BCUT2D eigenvalue weighted by atomic mass is 32.2. The number of benzene rings is 3. The molecule has 0 aliphatic rings. The third kappa shape index (κ3) is 6.25. The number of aromatic nitrogens is 2. The van der Waals surface area contributed by atoms with Gasteiger partial charge in [-0.2, -0.15) is 0 Å². The fourth-order valence-electron chi connectivity index (χ4n) is 4.24. The van der Waals surface area contributed by atoms with Gasteiger partial charge in [-0.3, -0.25) is 0 Å². The number of rotatable bonds is 10. The Morgan fingerprint density at radius 1 is 0.974 bits per heavy atom. The van der Waals surface area contributed by atoms with E-state index in [4.69, 9.17) is 19.2 Å². The van der Waals surface area contributed by atoms with Crippen molar-refractivity contribution in [2.24, 2.45) is 0 Å². The summed E-state index contributed by atoms with van der Waals surface area (Å²) in [6, 6.07) is 18.7. The van der Waals surface area contributed by atoms with E-state index < -0.39 is 16.1 Å². The van der Waals surface area contributed by atoms with Crippen molar-refractivity contribution in [1.82, 2.24) is 14.3 Å². The van der Waals surface area contributed by atoms with Gasteiger partial charge in [0.05, 0.1) is 31.5 Å². The molecule has 10 heteroatoms. The highest BCUT2D eigenvalue weighted by molar-refractivity contribution is 7.89. The van der Waals surface area contributed by atoms with Crippen LogP contribution >= 0.6 is 0 Å². The third-order valence-corrected chi connectivity index (χ3v) is 6.59. The number of methoxy groups -OCH3 is 2. The first-order valence-electron chi connectivity index (χ1n) is 12.2. The lowest BCUT2D eigenvalue weighted by Crippen LogP contribution is -2.32. The zero-order valence-electron chi connectivity index (χ0n) is 21.9. The van der Waals surface area contributed by atoms with Crippen LogP contribution in [-0.4, -0.2) is 44.5 Å². The van der Waals surface area contributed by atoms with Gasteiger partial charge in [-0.15, -0.1) is 0 Å². The molecule has 0 atom stereocenters. The molecule has 38 heavy (non-hydrogen) atoms. The zero-order valence-corrected chi connectivity index (χ0v) is 22.7. The van der Waals surface area contributed by atoms with Gasteiger partial charge in [0.15, 0.2) is 11.5 Å². The summed E-state index contributed by atoms with van der Waals surface area (Å²) in [5.41, 5.74) is 4.37. The highest BCUT2D eigenvalue weighted by Crippen LogP contribution is 2.34. The Morgan fingerprint density at radius 2 is 1.66 bits per heavy atom. The number of para-hydroxylation sites is 1. The van der Waals surface area contributed by atoms with Crippen molar-refractivity contribution in [2.45, 2.75) is 32.7 Å². The van der Waals surface area contributed by atoms with Crippen LogP contribution in [0.25, 0.3) is 22.2 Å². The van der Waals surface area contributed by atoms with E-state index in [1.165, 1.54) is 0 Å². The summed E-state index contributed by atoms with van der Waals surface area (Å²) in [5, 5.41) is 0. The summed E-state index contributed by atoms with van der Waals surface area (Å²) >= 11 is 0.